The molecule has 3 aromatic carbocycles. The predicted molar refractivity (Wildman–Crippen MR) is 185 cm³/mol. The fraction of sp³-hybridized carbons (Fsp3) is 0.286. The number of ether oxygens (including phenoxy) is 1. The second kappa shape index (κ2) is 14.9. The molecule has 12 heteroatoms. The SMILES string of the molecule is Cc1cccc(-c2ccc(Oc3cc(F)c(S(=O)(=O)Nc4nncs4)cc3Cl)c(-c3ccnc(CCCCC4CCNCC4)c3)c2)c1. The van der Waals surface area contributed by atoms with E-state index in [0.717, 1.165) is 88.8 Å². The number of anilines is 1. The van der Waals surface area contributed by atoms with Crippen molar-refractivity contribution in [1.29, 1.82) is 0 Å². The molecule has 0 aliphatic carbocycles. The highest BCUT2D eigenvalue weighted by molar-refractivity contribution is 7.93. The highest BCUT2D eigenvalue weighted by Gasteiger charge is 2.24. The topological polar surface area (TPSA) is 106 Å². The molecule has 2 aromatic heterocycles. The van der Waals surface area contributed by atoms with E-state index >= 15 is 4.39 Å². The minimum absolute atomic E-state index is 0.0117. The van der Waals surface area contributed by atoms with Gasteiger partial charge in [0.2, 0.25) is 5.13 Å². The summed E-state index contributed by atoms with van der Waals surface area (Å²) in [6, 6.07) is 20.0. The summed E-state index contributed by atoms with van der Waals surface area (Å²) in [6.07, 6.45) is 8.64. The molecule has 0 spiro atoms. The third-order valence-electron chi connectivity index (χ3n) is 8.29. The molecular weight excluding hydrogens is 657 g/mol. The third kappa shape index (κ3) is 8.34. The van der Waals surface area contributed by atoms with Gasteiger partial charge in [-0.25, -0.2) is 12.8 Å². The van der Waals surface area contributed by atoms with Crippen molar-refractivity contribution in [2.45, 2.75) is 50.3 Å². The largest absolute Gasteiger partial charge is 0.455 e. The Morgan fingerprint density at radius 2 is 1.83 bits per heavy atom. The van der Waals surface area contributed by atoms with E-state index in [0.29, 0.717) is 5.75 Å². The van der Waals surface area contributed by atoms with Crippen LogP contribution >= 0.6 is 22.9 Å². The molecule has 0 atom stereocenters. The lowest BCUT2D eigenvalue weighted by atomic mass is 9.92. The van der Waals surface area contributed by atoms with Crippen LogP contribution in [0, 0.1) is 18.7 Å². The summed E-state index contributed by atoms with van der Waals surface area (Å²) in [6.45, 7) is 4.28. The molecule has 8 nitrogen and oxygen atoms in total. The van der Waals surface area contributed by atoms with Crippen LogP contribution in [0.15, 0.2) is 83.3 Å². The summed E-state index contributed by atoms with van der Waals surface area (Å²) < 4.78 is 49.5. The van der Waals surface area contributed by atoms with Crippen LogP contribution < -0.4 is 14.8 Å². The number of aryl methyl sites for hydroxylation is 2. The molecule has 1 fully saturated rings. The minimum Gasteiger partial charge on any atom is -0.455 e. The number of hydrogen-bond acceptors (Lipinski definition) is 8. The van der Waals surface area contributed by atoms with Gasteiger partial charge in [-0.3, -0.25) is 9.71 Å². The number of halogens is 2. The number of benzene rings is 3. The van der Waals surface area contributed by atoms with Crippen molar-refractivity contribution in [2.75, 3.05) is 17.8 Å². The number of nitrogens with zero attached hydrogens (tertiary/aromatic N) is 3. The first-order valence-electron chi connectivity index (χ1n) is 15.6. The fourth-order valence-electron chi connectivity index (χ4n) is 5.84. The maximum Gasteiger partial charge on any atom is 0.266 e. The molecule has 1 aliphatic heterocycles. The summed E-state index contributed by atoms with van der Waals surface area (Å²) in [5, 5.41) is 10.6. The first-order valence-corrected chi connectivity index (χ1v) is 18.3. The predicted octanol–water partition coefficient (Wildman–Crippen LogP) is 8.67. The second-order valence-corrected chi connectivity index (χ2v) is 14.6. The van der Waals surface area contributed by atoms with Gasteiger partial charge in [0.25, 0.3) is 10.0 Å². The lowest BCUT2D eigenvalue weighted by molar-refractivity contribution is 0.344. The standard InChI is InChI=1S/C35H35ClFN5O3S2/c1-23-5-4-7-25(17-23)26-9-10-32(45-33-21-31(37)34(20-30(33)36)47(43,44)42-35-41-40-22-46-35)29(19-26)27-13-16-39-28(18-27)8-3-2-6-24-11-14-38-15-12-24/h4-5,7,9-10,13,16-22,24,38H,2-3,6,8,11-12,14-15H2,1H3,(H,41,42). The second-order valence-electron chi connectivity index (χ2n) is 11.7. The van der Waals surface area contributed by atoms with Gasteiger partial charge in [-0.15, -0.1) is 10.2 Å². The van der Waals surface area contributed by atoms with Crippen LogP contribution in [-0.2, 0) is 16.4 Å². The maximum atomic E-state index is 15.3. The van der Waals surface area contributed by atoms with E-state index in [1.807, 2.05) is 49.4 Å². The summed E-state index contributed by atoms with van der Waals surface area (Å²) in [5.41, 5.74) is 7.19. The van der Waals surface area contributed by atoms with Crippen molar-refractivity contribution in [3.8, 4) is 33.8 Å². The van der Waals surface area contributed by atoms with Crippen LogP contribution in [0.1, 0.15) is 43.4 Å². The van der Waals surface area contributed by atoms with Gasteiger partial charge in [0.15, 0.2) is 0 Å². The van der Waals surface area contributed by atoms with Gasteiger partial charge in [0.1, 0.15) is 27.7 Å². The normalized spacial score (nSPS) is 13.9. The van der Waals surface area contributed by atoms with Crippen molar-refractivity contribution >= 4 is 38.1 Å². The van der Waals surface area contributed by atoms with Crippen LogP contribution in [-0.4, -0.2) is 36.7 Å². The van der Waals surface area contributed by atoms with Crippen molar-refractivity contribution in [3.05, 3.63) is 101 Å². The van der Waals surface area contributed by atoms with Gasteiger partial charge in [0, 0.05) is 23.5 Å². The Balaban J connectivity index is 1.28. The molecule has 6 rings (SSSR count). The molecule has 244 valence electrons. The van der Waals surface area contributed by atoms with E-state index in [-0.39, 0.29) is 15.9 Å². The minimum atomic E-state index is -4.30. The zero-order chi connectivity index (χ0) is 32.8. The number of sulfonamides is 1. The van der Waals surface area contributed by atoms with Crippen molar-refractivity contribution < 1.29 is 17.5 Å². The van der Waals surface area contributed by atoms with Gasteiger partial charge < -0.3 is 10.1 Å². The first-order chi connectivity index (χ1) is 22.7. The highest BCUT2D eigenvalue weighted by atomic mass is 35.5. The molecule has 0 radical (unpaired) electrons. The molecule has 0 bridgehead atoms. The fourth-order valence-corrected chi connectivity index (χ4v) is 7.89. The Bertz CT molecular complexity index is 1950. The highest BCUT2D eigenvalue weighted by Crippen LogP contribution is 2.40. The van der Waals surface area contributed by atoms with Crippen LogP contribution in [0.5, 0.6) is 11.5 Å². The van der Waals surface area contributed by atoms with E-state index in [1.54, 1.807) is 6.20 Å². The monoisotopic (exact) mass is 691 g/mol. The van der Waals surface area contributed by atoms with Crippen molar-refractivity contribution in [2.24, 2.45) is 5.92 Å². The average molecular weight is 692 g/mol. The molecule has 5 aromatic rings. The van der Waals surface area contributed by atoms with Gasteiger partial charge in [-0.2, -0.15) is 0 Å². The van der Waals surface area contributed by atoms with E-state index in [1.165, 1.54) is 31.2 Å². The molecule has 3 heterocycles. The summed E-state index contributed by atoms with van der Waals surface area (Å²) in [5.74, 6) is 0.205. The average Bonchev–Trinajstić information content (AvgIpc) is 3.58. The van der Waals surface area contributed by atoms with Gasteiger partial charge in [-0.1, -0.05) is 71.7 Å². The lowest BCUT2D eigenvalue weighted by Gasteiger charge is -2.22. The number of rotatable bonds is 12. The number of aromatic nitrogens is 3. The summed E-state index contributed by atoms with van der Waals surface area (Å²) in [7, 11) is -4.30. The van der Waals surface area contributed by atoms with Crippen LogP contribution in [0.25, 0.3) is 22.3 Å². The zero-order valence-electron chi connectivity index (χ0n) is 25.9. The molecule has 47 heavy (non-hydrogen) atoms. The van der Waals surface area contributed by atoms with E-state index in [9.17, 15) is 8.42 Å². The van der Waals surface area contributed by atoms with Crippen molar-refractivity contribution in [3.63, 3.8) is 0 Å². The summed E-state index contributed by atoms with van der Waals surface area (Å²) >= 11 is 7.48. The Morgan fingerprint density at radius 3 is 2.62 bits per heavy atom. The number of unbranched alkanes of at least 4 members (excludes halogenated alkanes) is 1. The Hall–Kier alpha value is -3.90. The molecule has 0 unspecified atom stereocenters. The van der Waals surface area contributed by atoms with Crippen molar-refractivity contribution in [1.82, 2.24) is 20.5 Å². The van der Waals surface area contributed by atoms with Gasteiger partial charge >= 0.3 is 0 Å². The van der Waals surface area contributed by atoms with E-state index < -0.39 is 20.7 Å². The number of piperidine rings is 1. The molecular formula is C35H35ClFN5O3S2. The van der Waals surface area contributed by atoms with Crippen LogP contribution in [0.2, 0.25) is 5.02 Å². The first kappa shape index (κ1) is 33.0. The van der Waals surface area contributed by atoms with Gasteiger partial charge in [-0.05, 0) is 98.6 Å². The smallest absolute Gasteiger partial charge is 0.266 e. The zero-order valence-corrected chi connectivity index (χ0v) is 28.3. The number of pyridine rings is 1. The maximum absolute atomic E-state index is 15.3. The van der Waals surface area contributed by atoms with E-state index in [2.05, 4.69) is 37.4 Å². The quantitative estimate of drug-likeness (QED) is 0.126. The third-order valence-corrected chi connectivity index (χ3v) is 10.7. The molecule has 0 saturated carbocycles. The Kier molecular flexibility index (Phi) is 10.5. The van der Waals surface area contributed by atoms with Crippen LogP contribution in [0.3, 0.4) is 0 Å². The summed E-state index contributed by atoms with van der Waals surface area (Å²) in [4.78, 5) is 4.02. The Labute approximate surface area is 283 Å². The number of hydrogen-bond donors (Lipinski definition) is 2. The number of nitrogens with one attached hydrogen (secondary N) is 2. The molecule has 0 amide bonds. The Morgan fingerprint density at radius 1 is 1.00 bits per heavy atom. The molecule has 2 N–H and O–H groups in total. The van der Waals surface area contributed by atoms with Gasteiger partial charge in [0.05, 0.1) is 5.02 Å². The van der Waals surface area contributed by atoms with E-state index in [4.69, 9.17) is 16.3 Å². The molecule has 1 saturated heterocycles. The molecule has 1 aliphatic rings. The lowest BCUT2D eigenvalue weighted by Crippen LogP contribution is -2.27. The van der Waals surface area contributed by atoms with Crippen LogP contribution in [0.4, 0.5) is 9.52 Å².